The Labute approximate surface area is 193 Å². The van der Waals surface area contributed by atoms with E-state index in [4.69, 9.17) is 4.42 Å². The molecule has 0 atom stereocenters. The minimum atomic E-state index is -3.61. The molecule has 176 valence electrons. The highest BCUT2D eigenvalue weighted by Crippen LogP contribution is 2.25. The quantitative estimate of drug-likeness (QED) is 0.526. The Morgan fingerprint density at radius 2 is 1.73 bits per heavy atom. The second-order valence-electron chi connectivity index (χ2n) is 8.49. The van der Waals surface area contributed by atoms with Crippen molar-refractivity contribution in [3.05, 3.63) is 58.1 Å². The predicted octanol–water partition coefficient (Wildman–Crippen LogP) is 3.44. The second-order valence-corrected chi connectivity index (χ2v) is 10.4. The van der Waals surface area contributed by atoms with E-state index in [1.165, 1.54) is 21.0 Å². The smallest absolute Gasteiger partial charge is 0.408 e. The first-order valence-electron chi connectivity index (χ1n) is 11.2. The summed E-state index contributed by atoms with van der Waals surface area (Å²) >= 11 is 0. The van der Waals surface area contributed by atoms with Crippen LogP contribution in [0.15, 0.2) is 50.5 Å². The van der Waals surface area contributed by atoms with E-state index in [0.29, 0.717) is 25.2 Å². The Kier molecular flexibility index (Phi) is 6.45. The van der Waals surface area contributed by atoms with Gasteiger partial charge in [-0.3, -0.25) is 9.36 Å². The van der Waals surface area contributed by atoms with Crippen LogP contribution < -0.4 is 10.7 Å². The zero-order valence-electron chi connectivity index (χ0n) is 19.2. The van der Waals surface area contributed by atoms with Gasteiger partial charge in [0.05, 0.1) is 10.4 Å². The highest BCUT2D eigenvalue weighted by atomic mass is 32.2. The maximum Gasteiger partial charge on any atom is 0.419 e. The number of benzene rings is 2. The van der Waals surface area contributed by atoms with E-state index in [1.807, 2.05) is 32.9 Å². The molecule has 4 rings (SSSR count). The fourth-order valence-electron chi connectivity index (χ4n) is 4.45. The van der Waals surface area contributed by atoms with Crippen LogP contribution in [-0.4, -0.2) is 42.8 Å². The lowest BCUT2D eigenvalue weighted by Gasteiger charge is -2.22. The van der Waals surface area contributed by atoms with Gasteiger partial charge in [-0.2, -0.15) is 4.31 Å². The van der Waals surface area contributed by atoms with E-state index in [9.17, 15) is 18.0 Å². The van der Waals surface area contributed by atoms with Gasteiger partial charge in [-0.1, -0.05) is 6.07 Å². The number of aromatic nitrogens is 1. The van der Waals surface area contributed by atoms with Gasteiger partial charge in [0.25, 0.3) is 0 Å². The van der Waals surface area contributed by atoms with E-state index in [0.717, 1.165) is 29.7 Å². The van der Waals surface area contributed by atoms with Crippen molar-refractivity contribution >= 4 is 32.7 Å². The van der Waals surface area contributed by atoms with Crippen molar-refractivity contribution < 1.29 is 17.6 Å². The normalized spacial score (nSPS) is 14.8. The van der Waals surface area contributed by atoms with E-state index < -0.39 is 15.8 Å². The van der Waals surface area contributed by atoms with Crippen LogP contribution in [-0.2, 0) is 21.4 Å². The van der Waals surface area contributed by atoms with Crippen LogP contribution in [0.1, 0.15) is 37.3 Å². The standard InChI is InChI=1S/C24H29N3O5S/c1-4-26(19-14-17(2)13-18(3)15-19)23(28)9-12-27-21-8-7-20(16-22(21)32-24(27)29)33(30,31)25-10-5-6-11-25/h7-8,13-16H,4-6,9-12H2,1-3H3. The van der Waals surface area contributed by atoms with Gasteiger partial charge in [-0.05, 0) is 69.0 Å². The Morgan fingerprint density at radius 3 is 2.36 bits per heavy atom. The number of hydrogen-bond donors (Lipinski definition) is 0. The van der Waals surface area contributed by atoms with Crippen LogP contribution in [0, 0.1) is 13.8 Å². The maximum atomic E-state index is 13.0. The lowest BCUT2D eigenvalue weighted by atomic mass is 10.1. The van der Waals surface area contributed by atoms with Crippen molar-refractivity contribution in [3.63, 3.8) is 0 Å². The fourth-order valence-corrected chi connectivity index (χ4v) is 5.98. The molecule has 1 saturated heterocycles. The van der Waals surface area contributed by atoms with Gasteiger partial charge in [0.15, 0.2) is 5.58 Å². The highest BCUT2D eigenvalue weighted by molar-refractivity contribution is 7.89. The average molecular weight is 472 g/mol. The molecule has 1 aliphatic rings. The third kappa shape index (κ3) is 4.60. The fraction of sp³-hybridized carbons (Fsp3) is 0.417. The Balaban J connectivity index is 1.55. The molecular weight excluding hydrogens is 442 g/mol. The molecule has 2 heterocycles. The highest BCUT2D eigenvalue weighted by Gasteiger charge is 2.28. The molecule has 8 nitrogen and oxygen atoms in total. The summed E-state index contributed by atoms with van der Waals surface area (Å²) in [6.07, 6.45) is 1.80. The molecular formula is C24H29N3O5S. The van der Waals surface area contributed by atoms with Gasteiger partial charge in [0.1, 0.15) is 0 Å². The summed E-state index contributed by atoms with van der Waals surface area (Å²) in [5.41, 5.74) is 3.67. The first-order chi connectivity index (χ1) is 15.7. The van der Waals surface area contributed by atoms with Crippen molar-refractivity contribution in [1.82, 2.24) is 8.87 Å². The van der Waals surface area contributed by atoms with Crippen LogP contribution >= 0.6 is 0 Å². The molecule has 3 aromatic rings. The molecule has 0 saturated carbocycles. The van der Waals surface area contributed by atoms with E-state index in [2.05, 4.69) is 6.07 Å². The topological polar surface area (TPSA) is 92.8 Å². The van der Waals surface area contributed by atoms with Crippen molar-refractivity contribution in [1.29, 1.82) is 0 Å². The van der Waals surface area contributed by atoms with Gasteiger partial charge in [0.2, 0.25) is 15.9 Å². The number of fused-ring (bicyclic) bond motifs is 1. The number of sulfonamides is 1. The van der Waals surface area contributed by atoms with Crippen LogP contribution in [0.2, 0.25) is 0 Å². The van der Waals surface area contributed by atoms with Gasteiger partial charge in [-0.15, -0.1) is 0 Å². The molecule has 0 unspecified atom stereocenters. The monoisotopic (exact) mass is 471 g/mol. The Hall–Kier alpha value is -2.91. The molecule has 0 aliphatic carbocycles. The number of amides is 1. The van der Waals surface area contributed by atoms with Gasteiger partial charge in [-0.25, -0.2) is 13.2 Å². The van der Waals surface area contributed by atoms with Gasteiger partial charge < -0.3 is 9.32 Å². The molecule has 9 heteroatoms. The largest absolute Gasteiger partial charge is 0.419 e. The molecule has 1 aromatic heterocycles. The average Bonchev–Trinajstić information content (AvgIpc) is 3.40. The second kappa shape index (κ2) is 9.15. The minimum Gasteiger partial charge on any atom is -0.408 e. The summed E-state index contributed by atoms with van der Waals surface area (Å²) < 4.78 is 33.8. The van der Waals surface area contributed by atoms with Crippen molar-refractivity contribution in [2.75, 3.05) is 24.5 Å². The van der Waals surface area contributed by atoms with E-state index in [-0.39, 0.29) is 29.4 Å². The summed E-state index contributed by atoms with van der Waals surface area (Å²) in [5.74, 6) is -0.708. The Morgan fingerprint density at radius 1 is 1.06 bits per heavy atom. The molecule has 0 N–H and O–H groups in total. The number of carbonyl (C=O) groups excluding carboxylic acids is 1. The summed E-state index contributed by atoms with van der Waals surface area (Å²) in [6, 6.07) is 10.5. The number of hydrogen-bond acceptors (Lipinski definition) is 5. The lowest BCUT2D eigenvalue weighted by Crippen LogP contribution is -2.32. The summed E-state index contributed by atoms with van der Waals surface area (Å²) in [7, 11) is -3.61. The Bertz CT molecular complexity index is 1330. The summed E-state index contributed by atoms with van der Waals surface area (Å²) in [6.45, 7) is 7.56. The van der Waals surface area contributed by atoms with Gasteiger partial charge in [0, 0.05) is 44.4 Å². The van der Waals surface area contributed by atoms with Crippen LogP contribution in [0.4, 0.5) is 5.69 Å². The first-order valence-corrected chi connectivity index (χ1v) is 12.7. The molecule has 0 bridgehead atoms. The zero-order chi connectivity index (χ0) is 23.8. The number of rotatable bonds is 7. The van der Waals surface area contributed by atoms with E-state index in [1.54, 1.807) is 11.0 Å². The third-order valence-electron chi connectivity index (χ3n) is 6.03. The summed E-state index contributed by atoms with van der Waals surface area (Å²) in [5, 5.41) is 0. The minimum absolute atomic E-state index is 0.100. The zero-order valence-corrected chi connectivity index (χ0v) is 20.0. The van der Waals surface area contributed by atoms with Crippen LogP contribution in [0.25, 0.3) is 11.1 Å². The number of carbonyl (C=O) groups is 1. The number of oxazole rings is 1. The SMILES string of the molecule is CCN(C(=O)CCn1c(=O)oc2cc(S(=O)(=O)N3CCCC3)ccc21)c1cc(C)cc(C)c1. The van der Waals surface area contributed by atoms with E-state index >= 15 is 0 Å². The molecule has 0 spiro atoms. The molecule has 1 fully saturated rings. The first kappa shape index (κ1) is 23.3. The molecule has 1 aliphatic heterocycles. The molecule has 0 radical (unpaired) electrons. The van der Waals surface area contributed by atoms with Crippen molar-refractivity contribution in [2.24, 2.45) is 0 Å². The maximum absolute atomic E-state index is 13.0. The number of anilines is 1. The number of aryl methyl sites for hydroxylation is 3. The molecule has 1 amide bonds. The van der Waals surface area contributed by atoms with Crippen LogP contribution in [0.5, 0.6) is 0 Å². The summed E-state index contributed by atoms with van der Waals surface area (Å²) in [4.78, 5) is 27.3. The van der Waals surface area contributed by atoms with Crippen molar-refractivity contribution in [2.45, 2.75) is 51.5 Å². The van der Waals surface area contributed by atoms with Crippen LogP contribution in [0.3, 0.4) is 0 Å². The molecule has 2 aromatic carbocycles. The van der Waals surface area contributed by atoms with Crippen molar-refractivity contribution in [3.8, 4) is 0 Å². The predicted molar refractivity (Wildman–Crippen MR) is 127 cm³/mol. The number of nitrogens with zero attached hydrogens (tertiary/aromatic N) is 3. The third-order valence-corrected chi connectivity index (χ3v) is 7.92. The lowest BCUT2D eigenvalue weighted by molar-refractivity contribution is -0.118. The molecule has 33 heavy (non-hydrogen) atoms. The van der Waals surface area contributed by atoms with Gasteiger partial charge >= 0.3 is 5.76 Å².